The first-order chi connectivity index (χ1) is 11.7. The number of amides is 1. The molecule has 1 amide bonds. The number of halogens is 1. The predicted octanol–water partition coefficient (Wildman–Crippen LogP) is 3.85. The van der Waals surface area contributed by atoms with Crippen molar-refractivity contribution in [1.82, 2.24) is 15.3 Å². The van der Waals surface area contributed by atoms with Gasteiger partial charge in [-0.2, -0.15) is 0 Å². The molecule has 3 rings (SSSR count). The van der Waals surface area contributed by atoms with E-state index >= 15 is 0 Å². The van der Waals surface area contributed by atoms with Crippen molar-refractivity contribution in [2.24, 2.45) is 0 Å². The van der Waals surface area contributed by atoms with Crippen molar-refractivity contribution in [3.05, 3.63) is 83.4 Å². The van der Waals surface area contributed by atoms with E-state index < -0.39 is 0 Å². The molecule has 6 heteroatoms. The highest BCUT2D eigenvalue weighted by molar-refractivity contribution is 6.28. The lowest BCUT2D eigenvalue weighted by Crippen LogP contribution is -2.23. The molecule has 1 aromatic heterocycles. The summed E-state index contributed by atoms with van der Waals surface area (Å²) in [6, 6.07) is 17.1. The summed E-state index contributed by atoms with van der Waals surface area (Å²) in [5.74, 6) is 1.26. The van der Waals surface area contributed by atoms with Crippen LogP contribution in [0.3, 0.4) is 0 Å². The van der Waals surface area contributed by atoms with Crippen LogP contribution < -0.4 is 10.1 Å². The van der Waals surface area contributed by atoms with E-state index in [0.29, 0.717) is 12.1 Å². The van der Waals surface area contributed by atoms with E-state index in [4.69, 9.17) is 16.3 Å². The average Bonchev–Trinajstić information content (AvgIpc) is 2.62. The fourth-order valence-electron chi connectivity index (χ4n) is 2.01. The molecule has 0 unspecified atom stereocenters. The zero-order chi connectivity index (χ0) is 16.8. The summed E-state index contributed by atoms with van der Waals surface area (Å²) in [5, 5.41) is 2.91. The molecule has 0 bridgehead atoms. The quantitative estimate of drug-likeness (QED) is 0.717. The first kappa shape index (κ1) is 16.0. The average molecular weight is 340 g/mol. The van der Waals surface area contributed by atoms with E-state index in [2.05, 4.69) is 15.3 Å². The van der Waals surface area contributed by atoms with Crippen LogP contribution in [0.4, 0.5) is 0 Å². The van der Waals surface area contributed by atoms with Crippen molar-refractivity contribution in [3.63, 3.8) is 0 Å². The third kappa shape index (κ3) is 4.30. The van der Waals surface area contributed by atoms with Gasteiger partial charge >= 0.3 is 0 Å². The number of nitrogens with zero attached hydrogens (tertiary/aromatic N) is 2. The molecule has 0 aliphatic heterocycles. The molecule has 1 heterocycles. The van der Waals surface area contributed by atoms with Crippen LogP contribution in [0.2, 0.25) is 5.28 Å². The second-order valence-corrected chi connectivity index (χ2v) is 5.32. The van der Waals surface area contributed by atoms with Crippen LogP contribution in [0.1, 0.15) is 15.9 Å². The number of benzene rings is 2. The molecule has 120 valence electrons. The number of hydrogen-bond donors (Lipinski definition) is 1. The first-order valence-electron chi connectivity index (χ1n) is 7.28. The molecule has 0 saturated heterocycles. The lowest BCUT2D eigenvalue weighted by molar-refractivity contribution is 0.0950. The first-order valence-corrected chi connectivity index (χ1v) is 7.66. The minimum absolute atomic E-state index is 0.112. The molecule has 0 atom stereocenters. The Morgan fingerprint density at radius 1 is 0.958 bits per heavy atom. The summed E-state index contributed by atoms with van der Waals surface area (Å²) in [7, 11) is 0. The molecular weight excluding hydrogens is 326 g/mol. The number of carbonyl (C=O) groups excluding carboxylic acids is 1. The van der Waals surface area contributed by atoms with Gasteiger partial charge in [0.25, 0.3) is 5.91 Å². The van der Waals surface area contributed by atoms with Gasteiger partial charge in [0.15, 0.2) is 0 Å². The fourth-order valence-corrected chi connectivity index (χ4v) is 2.11. The molecule has 0 spiro atoms. The highest BCUT2D eigenvalue weighted by atomic mass is 35.5. The van der Waals surface area contributed by atoms with Crippen molar-refractivity contribution < 1.29 is 9.53 Å². The maximum Gasteiger partial charge on any atom is 0.254 e. The molecule has 0 saturated carbocycles. The topological polar surface area (TPSA) is 64.1 Å². The zero-order valence-electron chi connectivity index (χ0n) is 12.6. The summed E-state index contributed by atoms with van der Waals surface area (Å²) in [6.07, 6.45) is 2.78. The Morgan fingerprint density at radius 2 is 1.58 bits per heavy atom. The van der Waals surface area contributed by atoms with Crippen molar-refractivity contribution in [2.75, 3.05) is 0 Å². The van der Waals surface area contributed by atoms with Gasteiger partial charge in [0.2, 0.25) is 5.28 Å². The van der Waals surface area contributed by atoms with E-state index in [1.54, 1.807) is 0 Å². The molecule has 0 aliphatic carbocycles. The largest absolute Gasteiger partial charge is 0.457 e. The van der Waals surface area contributed by atoms with Gasteiger partial charge in [-0.1, -0.05) is 30.3 Å². The standard InChI is InChI=1S/C18H14ClN3O2/c19-18-21-11-14(12-22-18)17(23)20-10-13-6-8-16(9-7-13)24-15-4-2-1-3-5-15/h1-9,11-12H,10H2,(H,20,23). The van der Waals surface area contributed by atoms with Gasteiger partial charge in [-0.25, -0.2) is 9.97 Å². The fraction of sp³-hybridized carbons (Fsp3) is 0.0556. The molecular formula is C18H14ClN3O2. The highest BCUT2D eigenvalue weighted by Gasteiger charge is 2.06. The molecule has 5 nitrogen and oxygen atoms in total. The number of para-hydroxylation sites is 1. The molecule has 3 aromatic rings. The zero-order valence-corrected chi connectivity index (χ0v) is 13.4. The molecule has 0 aliphatic rings. The molecule has 0 fully saturated rings. The maximum absolute atomic E-state index is 12.0. The van der Waals surface area contributed by atoms with Crippen LogP contribution in [0.15, 0.2) is 67.0 Å². The van der Waals surface area contributed by atoms with E-state index in [9.17, 15) is 4.79 Å². The monoisotopic (exact) mass is 339 g/mol. The Morgan fingerprint density at radius 3 is 2.25 bits per heavy atom. The number of nitrogens with one attached hydrogen (secondary N) is 1. The highest BCUT2D eigenvalue weighted by Crippen LogP contribution is 2.21. The van der Waals surface area contributed by atoms with Gasteiger partial charge in [-0.15, -0.1) is 0 Å². The lowest BCUT2D eigenvalue weighted by Gasteiger charge is -2.08. The van der Waals surface area contributed by atoms with Gasteiger partial charge in [0.1, 0.15) is 11.5 Å². The van der Waals surface area contributed by atoms with Crippen LogP contribution in [0.25, 0.3) is 0 Å². The smallest absolute Gasteiger partial charge is 0.254 e. The van der Waals surface area contributed by atoms with Crippen LogP contribution >= 0.6 is 11.6 Å². The van der Waals surface area contributed by atoms with Gasteiger partial charge in [0.05, 0.1) is 5.56 Å². The minimum atomic E-state index is -0.253. The van der Waals surface area contributed by atoms with Crippen LogP contribution in [0.5, 0.6) is 11.5 Å². The summed E-state index contributed by atoms with van der Waals surface area (Å²) < 4.78 is 5.72. The van der Waals surface area contributed by atoms with Gasteiger partial charge in [-0.3, -0.25) is 4.79 Å². The SMILES string of the molecule is O=C(NCc1ccc(Oc2ccccc2)cc1)c1cnc(Cl)nc1. The normalized spacial score (nSPS) is 10.2. The molecule has 0 radical (unpaired) electrons. The van der Waals surface area contributed by atoms with Gasteiger partial charge < -0.3 is 10.1 Å². The number of rotatable bonds is 5. The van der Waals surface area contributed by atoms with Crippen LogP contribution in [-0.2, 0) is 6.54 Å². The molecule has 24 heavy (non-hydrogen) atoms. The van der Waals surface area contributed by atoms with Crippen molar-refractivity contribution in [2.45, 2.75) is 6.54 Å². The maximum atomic E-state index is 12.0. The Bertz CT molecular complexity index is 806. The second-order valence-electron chi connectivity index (χ2n) is 4.98. The van der Waals surface area contributed by atoms with Crippen molar-refractivity contribution in [1.29, 1.82) is 0 Å². The lowest BCUT2D eigenvalue weighted by atomic mass is 10.2. The Hall–Kier alpha value is -2.92. The predicted molar refractivity (Wildman–Crippen MR) is 91.2 cm³/mol. The van der Waals surface area contributed by atoms with Crippen LogP contribution in [-0.4, -0.2) is 15.9 Å². The van der Waals surface area contributed by atoms with Gasteiger partial charge in [0, 0.05) is 18.9 Å². The Balaban J connectivity index is 1.56. The second kappa shape index (κ2) is 7.57. The van der Waals surface area contributed by atoms with Crippen molar-refractivity contribution in [3.8, 4) is 11.5 Å². The van der Waals surface area contributed by atoms with E-state index in [1.165, 1.54) is 12.4 Å². The number of hydrogen-bond acceptors (Lipinski definition) is 4. The minimum Gasteiger partial charge on any atom is -0.457 e. The van der Waals surface area contributed by atoms with E-state index in [1.807, 2.05) is 54.6 Å². The van der Waals surface area contributed by atoms with E-state index in [0.717, 1.165) is 17.1 Å². The summed E-state index contributed by atoms with van der Waals surface area (Å²) in [5.41, 5.74) is 1.32. The van der Waals surface area contributed by atoms with E-state index in [-0.39, 0.29) is 11.2 Å². The summed E-state index contributed by atoms with van der Waals surface area (Å²) in [6.45, 7) is 0.396. The third-order valence-electron chi connectivity index (χ3n) is 3.24. The Labute approximate surface area is 144 Å². The van der Waals surface area contributed by atoms with Crippen LogP contribution in [0, 0.1) is 0 Å². The summed E-state index contributed by atoms with van der Waals surface area (Å²) >= 11 is 5.60. The van der Waals surface area contributed by atoms with Gasteiger partial charge in [-0.05, 0) is 41.4 Å². The number of ether oxygens (including phenoxy) is 1. The summed E-state index contributed by atoms with van der Waals surface area (Å²) in [4.78, 5) is 19.5. The number of carbonyl (C=O) groups is 1. The number of aromatic nitrogens is 2. The van der Waals surface area contributed by atoms with Crippen molar-refractivity contribution >= 4 is 17.5 Å². The Kier molecular flexibility index (Phi) is 5.03. The molecule has 1 N–H and O–H groups in total. The third-order valence-corrected chi connectivity index (χ3v) is 3.43. The molecule has 2 aromatic carbocycles.